The number of hydrogen-bond donors (Lipinski definition) is 1. The highest BCUT2D eigenvalue weighted by atomic mass is 32.2. The molecule has 19 heavy (non-hydrogen) atoms. The third-order valence-electron chi connectivity index (χ3n) is 2.81. The lowest BCUT2D eigenvalue weighted by Gasteiger charge is -2.18. The Balaban J connectivity index is 2.40. The number of benzene rings is 1. The highest BCUT2D eigenvalue weighted by molar-refractivity contribution is 7.99. The second-order valence-electron chi connectivity index (χ2n) is 4.32. The molecule has 0 aliphatic rings. The molecule has 0 fully saturated rings. The monoisotopic (exact) mass is 281 g/mol. The summed E-state index contributed by atoms with van der Waals surface area (Å²) in [5.74, 6) is 1.65. The van der Waals surface area contributed by atoms with Crippen LogP contribution in [0.4, 0.5) is 0 Å². The molecule has 106 valence electrons. The molecule has 1 unspecified atom stereocenters. The van der Waals surface area contributed by atoms with E-state index in [1.165, 1.54) is 12.7 Å². The number of carbonyl (C=O) groups excluding carboxylic acids is 1. The van der Waals surface area contributed by atoms with Crippen LogP contribution in [0.25, 0.3) is 0 Å². The van der Waals surface area contributed by atoms with Crippen LogP contribution < -0.4 is 5.32 Å². The molecule has 0 heterocycles. The van der Waals surface area contributed by atoms with Crippen molar-refractivity contribution in [1.82, 2.24) is 5.32 Å². The Morgan fingerprint density at radius 2 is 2.11 bits per heavy atom. The largest absolute Gasteiger partial charge is 0.469 e. The Labute approximate surface area is 120 Å². The number of thioether (sulfide) groups is 1. The maximum absolute atomic E-state index is 11.0. The zero-order valence-electron chi connectivity index (χ0n) is 11.7. The summed E-state index contributed by atoms with van der Waals surface area (Å²) in [6.07, 6.45) is 1.60. The van der Waals surface area contributed by atoms with Crippen molar-refractivity contribution in [1.29, 1.82) is 0 Å². The summed E-state index contributed by atoms with van der Waals surface area (Å²) in [4.78, 5) is 11.0. The fraction of sp³-hybridized carbons (Fsp3) is 0.533. The lowest BCUT2D eigenvalue weighted by Crippen LogP contribution is -2.24. The Hall–Kier alpha value is -1.00. The molecule has 0 aliphatic carbocycles. The Bertz CT molecular complexity index is 356. The normalized spacial score (nSPS) is 12.1. The van der Waals surface area contributed by atoms with Gasteiger partial charge in [0.25, 0.3) is 0 Å². The minimum Gasteiger partial charge on any atom is -0.469 e. The molecule has 0 amide bonds. The smallest absolute Gasteiger partial charge is 0.306 e. The first kappa shape index (κ1) is 16.1. The van der Waals surface area contributed by atoms with E-state index in [0.717, 1.165) is 24.5 Å². The Morgan fingerprint density at radius 1 is 1.37 bits per heavy atom. The van der Waals surface area contributed by atoms with Crippen molar-refractivity contribution in [3.8, 4) is 0 Å². The molecule has 1 rings (SSSR count). The van der Waals surface area contributed by atoms with Crippen LogP contribution in [0.3, 0.4) is 0 Å². The zero-order chi connectivity index (χ0) is 13.9. The number of nitrogens with one attached hydrogen (secondary N) is 1. The number of ether oxygens (including phenoxy) is 1. The standard InChI is InChI=1S/C15H23NO2S/c1-3-10-16-14(13-7-5-4-6-8-13)12-19-11-9-15(17)18-2/h4-8,14,16H,3,9-12H2,1-2H3. The van der Waals surface area contributed by atoms with E-state index in [0.29, 0.717) is 12.5 Å². The molecule has 1 aromatic rings. The van der Waals surface area contributed by atoms with Gasteiger partial charge in [-0.1, -0.05) is 37.3 Å². The Kier molecular flexibility index (Phi) is 8.34. The van der Waals surface area contributed by atoms with E-state index in [9.17, 15) is 4.79 Å². The van der Waals surface area contributed by atoms with Gasteiger partial charge < -0.3 is 10.1 Å². The molecule has 1 atom stereocenters. The highest BCUT2D eigenvalue weighted by Crippen LogP contribution is 2.18. The van der Waals surface area contributed by atoms with Crippen LogP contribution in [-0.4, -0.2) is 31.1 Å². The summed E-state index contributed by atoms with van der Waals surface area (Å²) < 4.78 is 4.64. The molecular formula is C15H23NO2S. The van der Waals surface area contributed by atoms with Gasteiger partial charge in [0.15, 0.2) is 0 Å². The second-order valence-corrected chi connectivity index (χ2v) is 5.47. The first-order valence-corrected chi connectivity index (χ1v) is 7.86. The van der Waals surface area contributed by atoms with Gasteiger partial charge in [0.2, 0.25) is 0 Å². The number of rotatable bonds is 9. The first-order chi connectivity index (χ1) is 9.27. The minimum atomic E-state index is -0.134. The van der Waals surface area contributed by atoms with E-state index in [1.54, 1.807) is 11.8 Å². The molecule has 3 nitrogen and oxygen atoms in total. The van der Waals surface area contributed by atoms with E-state index in [4.69, 9.17) is 0 Å². The van der Waals surface area contributed by atoms with Crippen LogP contribution in [-0.2, 0) is 9.53 Å². The van der Waals surface area contributed by atoms with Crippen molar-refractivity contribution in [2.24, 2.45) is 0 Å². The van der Waals surface area contributed by atoms with Gasteiger partial charge in [-0.05, 0) is 18.5 Å². The lowest BCUT2D eigenvalue weighted by atomic mass is 10.1. The molecule has 0 saturated carbocycles. The minimum absolute atomic E-state index is 0.134. The molecule has 0 spiro atoms. The number of esters is 1. The van der Waals surface area contributed by atoms with Gasteiger partial charge in [0.05, 0.1) is 13.5 Å². The maximum Gasteiger partial charge on any atom is 0.306 e. The fourth-order valence-corrected chi connectivity index (χ4v) is 2.76. The molecule has 1 aromatic carbocycles. The molecular weight excluding hydrogens is 258 g/mol. The van der Waals surface area contributed by atoms with Crippen LogP contribution in [0.1, 0.15) is 31.4 Å². The first-order valence-electron chi connectivity index (χ1n) is 6.70. The summed E-state index contributed by atoms with van der Waals surface area (Å²) in [7, 11) is 1.43. The molecule has 0 aliphatic heterocycles. The van der Waals surface area contributed by atoms with Crippen LogP contribution in [0, 0.1) is 0 Å². The average Bonchev–Trinajstić information content (AvgIpc) is 2.47. The van der Waals surface area contributed by atoms with E-state index in [-0.39, 0.29) is 5.97 Å². The van der Waals surface area contributed by atoms with Crippen molar-refractivity contribution < 1.29 is 9.53 Å². The molecule has 0 aromatic heterocycles. The Morgan fingerprint density at radius 3 is 2.74 bits per heavy atom. The summed E-state index contributed by atoms with van der Waals surface area (Å²) in [5, 5.41) is 3.55. The SMILES string of the molecule is CCCNC(CSCCC(=O)OC)c1ccccc1. The van der Waals surface area contributed by atoms with Crippen molar-refractivity contribution in [2.75, 3.05) is 25.2 Å². The summed E-state index contributed by atoms with van der Waals surface area (Å²) in [6.45, 7) is 3.18. The fourth-order valence-electron chi connectivity index (χ4n) is 1.74. The van der Waals surface area contributed by atoms with Crippen LogP contribution in [0.2, 0.25) is 0 Å². The summed E-state index contributed by atoms with van der Waals surface area (Å²) in [6, 6.07) is 10.8. The van der Waals surface area contributed by atoms with E-state index < -0.39 is 0 Å². The second kappa shape index (κ2) is 9.87. The van der Waals surface area contributed by atoms with Gasteiger partial charge in [0.1, 0.15) is 0 Å². The molecule has 0 bridgehead atoms. The number of hydrogen-bond acceptors (Lipinski definition) is 4. The van der Waals surface area contributed by atoms with Crippen LogP contribution >= 0.6 is 11.8 Å². The maximum atomic E-state index is 11.0. The van der Waals surface area contributed by atoms with Gasteiger partial charge in [-0.15, -0.1) is 0 Å². The topological polar surface area (TPSA) is 38.3 Å². The zero-order valence-corrected chi connectivity index (χ0v) is 12.5. The summed E-state index contributed by atoms with van der Waals surface area (Å²) >= 11 is 1.79. The molecule has 0 radical (unpaired) electrons. The lowest BCUT2D eigenvalue weighted by molar-refractivity contribution is -0.140. The molecule has 0 saturated heterocycles. The van der Waals surface area contributed by atoms with E-state index in [1.807, 2.05) is 6.07 Å². The number of carbonyl (C=O) groups is 1. The molecule has 4 heteroatoms. The van der Waals surface area contributed by atoms with Crippen LogP contribution in [0.5, 0.6) is 0 Å². The van der Waals surface area contributed by atoms with Gasteiger partial charge >= 0.3 is 5.97 Å². The van der Waals surface area contributed by atoms with Crippen molar-refractivity contribution in [2.45, 2.75) is 25.8 Å². The van der Waals surface area contributed by atoms with E-state index in [2.05, 4.69) is 41.2 Å². The number of methoxy groups -OCH3 is 1. The van der Waals surface area contributed by atoms with Gasteiger partial charge in [-0.25, -0.2) is 0 Å². The third-order valence-corrected chi connectivity index (χ3v) is 3.87. The predicted molar refractivity (Wildman–Crippen MR) is 81.4 cm³/mol. The quantitative estimate of drug-likeness (QED) is 0.558. The van der Waals surface area contributed by atoms with E-state index >= 15 is 0 Å². The van der Waals surface area contributed by atoms with Gasteiger partial charge in [-0.2, -0.15) is 11.8 Å². The van der Waals surface area contributed by atoms with Crippen molar-refractivity contribution >= 4 is 17.7 Å². The average molecular weight is 281 g/mol. The van der Waals surface area contributed by atoms with Crippen molar-refractivity contribution in [3.05, 3.63) is 35.9 Å². The predicted octanol–water partition coefficient (Wildman–Crippen LogP) is 3.02. The van der Waals surface area contributed by atoms with Crippen LogP contribution in [0.15, 0.2) is 30.3 Å². The van der Waals surface area contributed by atoms with Crippen molar-refractivity contribution in [3.63, 3.8) is 0 Å². The summed E-state index contributed by atoms with van der Waals surface area (Å²) in [5.41, 5.74) is 1.31. The highest BCUT2D eigenvalue weighted by Gasteiger charge is 2.10. The van der Waals surface area contributed by atoms with Gasteiger partial charge in [0, 0.05) is 17.5 Å². The third kappa shape index (κ3) is 6.64. The molecule has 1 N–H and O–H groups in total. The van der Waals surface area contributed by atoms with Gasteiger partial charge in [-0.3, -0.25) is 4.79 Å².